The van der Waals surface area contributed by atoms with Gasteiger partial charge in [0.25, 0.3) is 0 Å². The van der Waals surface area contributed by atoms with Crippen molar-refractivity contribution >= 4 is 0 Å². The molecule has 0 radical (unpaired) electrons. The first-order chi connectivity index (χ1) is 6.64. The monoisotopic (exact) mass is 189 g/mol. The summed E-state index contributed by atoms with van der Waals surface area (Å²) in [4.78, 5) is 0. The second-order valence-electron chi connectivity index (χ2n) is 5.55. The summed E-state index contributed by atoms with van der Waals surface area (Å²) in [6.45, 7) is 2.41. The zero-order valence-electron chi connectivity index (χ0n) is 8.97. The number of nitrogens with two attached hydrogens (primary N) is 1. The predicted octanol–water partition coefficient (Wildman–Crippen LogP) is 2.92. The molecule has 2 N–H and O–H groups in total. The Kier molecular flexibility index (Phi) is 1.57. The molecule has 0 aromatic heterocycles. The maximum atomic E-state index is 6.33. The fraction of sp³-hybridized carbons (Fsp3) is 0.692. The van der Waals surface area contributed by atoms with E-state index in [1.54, 1.807) is 5.57 Å². The van der Waals surface area contributed by atoms with Gasteiger partial charge in [0.05, 0.1) is 0 Å². The lowest BCUT2D eigenvalue weighted by Gasteiger charge is -2.25. The molecule has 0 saturated heterocycles. The van der Waals surface area contributed by atoms with Crippen molar-refractivity contribution in [2.24, 2.45) is 11.1 Å². The van der Waals surface area contributed by atoms with Crippen LogP contribution in [-0.4, -0.2) is 5.54 Å². The molecule has 0 amide bonds. The van der Waals surface area contributed by atoms with Gasteiger partial charge in [-0.2, -0.15) is 0 Å². The van der Waals surface area contributed by atoms with Gasteiger partial charge in [0.1, 0.15) is 0 Å². The first-order valence-corrected chi connectivity index (χ1v) is 5.84. The zero-order valence-corrected chi connectivity index (χ0v) is 8.97. The van der Waals surface area contributed by atoms with Gasteiger partial charge in [-0.05, 0) is 49.5 Å². The van der Waals surface area contributed by atoms with E-state index in [1.807, 2.05) is 0 Å². The Balaban J connectivity index is 2.02. The lowest BCUT2D eigenvalue weighted by molar-refractivity contribution is 0.612. The molecular formula is C13H19N. The summed E-state index contributed by atoms with van der Waals surface area (Å²) in [6, 6.07) is 0. The summed E-state index contributed by atoms with van der Waals surface area (Å²) in [5.74, 6) is 0. The Labute approximate surface area is 86.1 Å². The van der Waals surface area contributed by atoms with Crippen molar-refractivity contribution in [3.05, 3.63) is 23.3 Å². The summed E-state index contributed by atoms with van der Waals surface area (Å²) < 4.78 is 0. The molecule has 3 aliphatic rings. The molecule has 0 aliphatic heterocycles. The number of rotatable bonds is 2. The van der Waals surface area contributed by atoms with Crippen LogP contribution in [0.5, 0.6) is 0 Å². The Hall–Kier alpha value is -0.560. The summed E-state index contributed by atoms with van der Waals surface area (Å²) in [5.41, 5.74) is 10.1. The summed E-state index contributed by atoms with van der Waals surface area (Å²) in [7, 11) is 0. The highest BCUT2D eigenvalue weighted by Crippen LogP contribution is 2.57. The minimum atomic E-state index is 0.0812. The molecular weight excluding hydrogens is 170 g/mol. The second-order valence-corrected chi connectivity index (χ2v) is 5.55. The van der Waals surface area contributed by atoms with Crippen LogP contribution < -0.4 is 5.73 Å². The highest BCUT2D eigenvalue weighted by Gasteiger charge is 2.48. The predicted molar refractivity (Wildman–Crippen MR) is 58.9 cm³/mol. The molecule has 3 aliphatic carbocycles. The molecule has 0 atom stereocenters. The summed E-state index contributed by atoms with van der Waals surface area (Å²) in [5, 5.41) is 0. The van der Waals surface area contributed by atoms with E-state index in [9.17, 15) is 0 Å². The van der Waals surface area contributed by atoms with Crippen molar-refractivity contribution in [1.29, 1.82) is 0 Å². The first-order valence-electron chi connectivity index (χ1n) is 5.84. The van der Waals surface area contributed by atoms with Crippen LogP contribution in [-0.2, 0) is 0 Å². The van der Waals surface area contributed by atoms with Crippen molar-refractivity contribution in [1.82, 2.24) is 0 Å². The van der Waals surface area contributed by atoms with E-state index < -0.39 is 0 Å². The highest BCUT2D eigenvalue weighted by atomic mass is 14.8. The van der Waals surface area contributed by atoms with E-state index in [-0.39, 0.29) is 5.54 Å². The Bertz CT molecular complexity index is 327. The lowest BCUT2D eigenvalue weighted by Crippen LogP contribution is -2.27. The van der Waals surface area contributed by atoms with Gasteiger partial charge in [-0.3, -0.25) is 0 Å². The van der Waals surface area contributed by atoms with Crippen molar-refractivity contribution in [2.45, 2.75) is 51.0 Å². The fourth-order valence-corrected chi connectivity index (χ4v) is 2.65. The van der Waals surface area contributed by atoms with Gasteiger partial charge in [0.2, 0.25) is 0 Å². The van der Waals surface area contributed by atoms with Gasteiger partial charge in [0.15, 0.2) is 0 Å². The molecule has 76 valence electrons. The maximum Gasteiger partial charge on any atom is 0.0410 e. The van der Waals surface area contributed by atoms with E-state index in [2.05, 4.69) is 19.1 Å². The van der Waals surface area contributed by atoms with Crippen LogP contribution in [0.3, 0.4) is 0 Å². The number of hydrogen-bond donors (Lipinski definition) is 1. The molecule has 2 fully saturated rings. The van der Waals surface area contributed by atoms with Gasteiger partial charge in [-0.1, -0.05) is 24.6 Å². The van der Waals surface area contributed by atoms with E-state index in [0.717, 1.165) is 0 Å². The smallest absolute Gasteiger partial charge is 0.0410 e. The average molecular weight is 189 g/mol. The molecule has 2 saturated carbocycles. The molecule has 14 heavy (non-hydrogen) atoms. The van der Waals surface area contributed by atoms with Gasteiger partial charge in [-0.25, -0.2) is 0 Å². The van der Waals surface area contributed by atoms with Gasteiger partial charge >= 0.3 is 0 Å². The zero-order chi connectivity index (χ0) is 9.81. The summed E-state index contributed by atoms with van der Waals surface area (Å²) >= 11 is 0. The van der Waals surface area contributed by atoms with E-state index in [1.165, 1.54) is 44.1 Å². The number of hydrogen-bond acceptors (Lipinski definition) is 1. The molecule has 0 heterocycles. The first kappa shape index (κ1) is 8.72. The largest absolute Gasteiger partial charge is 0.321 e. The molecule has 0 aromatic rings. The summed E-state index contributed by atoms with van der Waals surface area (Å²) in [6.07, 6.45) is 12.3. The van der Waals surface area contributed by atoms with Crippen LogP contribution in [0.25, 0.3) is 0 Å². The fourth-order valence-electron chi connectivity index (χ4n) is 2.65. The van der Waals surface area contributed by atoms with Crippen LogP contribution in [0.15, 0.2) is 23.3 Å². The quantitative estimate of drug-likeness (QED) is 0.710. The average Bonchev–Trinajstić information content (AvgIpc) is 3.08. The third-order valence-electron chi connectivity index (χ3n) is 4.22. The van der Waals surface area contributed by atoms with E-state index in [4.69, 9.17) is 5.73 Å². The van der Waals surface area contributed by atoms with Crippen LogP contribution in [0.2, 0.25) is 0 Å². The minimum absolute atomic E-state index is 0.0812. The maximum absolute atomic E-state index is 6.33. The third-order valence-corrected chi connectivity index (χ3v) is 4.22. The van der Waals surface area contributed by atoms with Crippen LogP contribution in [0, 0.1) is 5.41 Å². The normalized spacial score (nSPS) is 31.9. The second kappa shape index (κ2) is 2.52. The SMILES string of the molecule is CC1(C2=C(C3(N)CC3)C=CCC2)CC1. The van der Waals surface area contributed by atoms with Crippen molar-refractivity contribution in [2.75, 3.05) is 0 Å². The van der Waals surface area contributed by atoms with Crippen molar-refractivity contribution < 1.29 is 0 Å². The van der Waals surface area contributed by atoms with E-state index in [0.29, 0.717) is 5.41 Å². The highest BCUT2D eigenvalue weighted by molar-refractivity contribution is 5.46. The van der Waals surface area contributed by atoms with Gasteiger partial charge in [0, 0.05) is 5.54 Å². The molecule has 0 bridgehead atoms. The molecule has 1 nitrogen and oxygen atoms in total. The lowest BCUT2D eigenvalue weighted by atomic mass is 9.82. The molecule has 3 rings (SSSR count). The standard InChI is InChI=1S/C13H19N/c1-12(6-7-12)10-4-2-3-5-11(10)13(14)8-9-13/h3,5H,2,4,6-9,14H2,1H3. The molecule has 1 heteroatoms. The van der Waals surface area contributed by atoms with Gasteiger partial charge in [-0.15, -0.1) is 0 Å². The molecule has 0 aromatic carbocycles. The molecule has 0 unspecified atom stereocenters. The molecule has 0 spiro atoms. The minimum Gasteiger partial charge on any atom is -0.321 e. The van der Waals surface area contributed by atoms with Crippen molar-refractivity contribution in [3.63, 3.8) is 0 Å². The van der Waals surface area contributed by atoms with E-state index >= 15 is 0 Å². The Morgan fingerprint density at radius 2 is 1.93 bits per heavy atom. The number of allylic oxidation sites excluding steroid dienone is 2. The Morgan fingerprint density at radius 1 is 1.21 bits per heavy atom. The van der Waals surface area contributed by atoms with Gasteiger partial charge < -0.3 is 5.73 Å². The van der Waals surface area contributed by atoms with Crippen molar-refractivity contribution in [3.8, 4) is 0 Å². The van der Waals surface area contributed by atoms with Crippen LogP contribution in [0.1, 0.15) is 45.4 Å². The van der Waals surface area contributed by atoms with Crippen LogP contribution in [0.4, 0.5) is 0 Å². The van der Waals surface area contributed by atoms with Crippen LogP contribution >= 0.6 is 0 Å². The third kappa shape index (κ3) is 1.18. The Morgan fingerprint density at radius 3 is 2.50 bits per heavy atom. The topological polar surface area (TPSA) is 26.0 Å².